The van der Waals surface area contributed by atoms with Crippen LogP contribution in [0.15, 0.2) is 59.4 Å². The number of nitrogens with zero attached hydrogens (tertiary/aromatic N) is 1. The van der Waals surface area contributed by atoms with E-state index in [9.17, 15) is 9.59 Å². The monoisotopic (exact) mass is 362 g/mol. The van der Waals surface area contributed by atoms with Gasteiger partial charge in [0.25, 0.3) is 11.5 Å². The minimum atomic E-state index is -0.193. The van der Waals surface area contributed by atoms with E-state index in [0.29, 0.717) is 24.2 Å². The highest BCUT2D eigenvalue weighted by Crippen LogP contribution is 2.15. The predicted octanol–water partition coefficient (Wildman–Crippen LogP) is 4.08. The number of carbonyl (C=O) groups is 1. The number of aryl methyl sites for hydroxylation is 1. The predicted molar refractivity (Wildman–Crippen MR) is 110 cm³/mol. The molecule has 1 amide bonds. The molecule has 0 unspecified atom stereocenters. The van der Waals surface area contributed by atoms with Crippen LogP contribution >= 0.6 is 0 Å². The van der Waals surface area contributed by atoms with Gasteiger partial charge >= 0.3 is 0 Å². The van der Waals surface area contributed by atoms with Crippen molar-refractivity contribution in [2.75, 3.05) is 6.54 Å². The van der Waals surface area contributed by atoms with Crippen LogP contribution in [0.25, 0.3) is 10.8 Å². The Bertz CT molecular complexity index is 990. The molecule has 0 spiro atoms. The lowest BCUT2D eigenvalue weighted by Gasteiger charge is -2.14. The van der Waals surface area contributed by atoms with Crippen LogP contribution in [0.2, 0.25) is 0 Å². The third-order valence-electron chi connectivity index (χ3n) is 4.78. The summed E-state index contributed by atoms with van der Waals surface area (Å²) in [5.74, 6) is -0.193. The highest BCUT2D eigenvalue weighted by atomic mass is 16.2. The summed E-state index contributed by atoms with van der Waals surface area (Å²) < 4.78 is 1.63. The van der Waals surface area contributed by atoms with E-state index in [1.165, 1.54) is 5.56 Å². The van der Waals surface area contributed by atoms with Crippen LogP contribution < -0.4 is 10.9 Å². The van der Waals surface area contributed by atoms with Crippen LogP contribution in [0, 0.1) is 6.92 Å². The molecule has 1 heterocycles. The molecular weight excluding hydrogens is 336 g/mol. The molecule has 0 aliphatic heterocycles. The van der Waals surface area contributed by atoms with Crippen LogP contribution in [-0.4, -0.2) is 17.0 Å². The number of hydrogen-bond acceptors (Lipinski definition) is 2. The maximum absolute atomic E-state index is 13.0. The molecular formula is C23H26N2O2. The maximum Gasteiger partial charge on any atom is 0.268 e. The number of unbranched alkanes of at least 4 members (excludes halogenated alkanes) is 1. The van der Waals surface area contributed by atoms with Crippen molar-refractivity contribution in [2.24, 2.45) is 0 Å². The van der Waals surface area contributed by atoms with Gasteiger partial charge in [0.15, 0.2) is 0 Å². The third-order valence-corrected chi connectivity index (χ3v) is 4.78. The molecule has 3 aromatic rings. The number of amides is 1. The van der Waals surface area contributed by atoms with Crippen molar-refractivity contribution < 1.29 is 4.79 Å². The molecule has 1 aromatic heterocycles. The highest BCUT2D eigenvalue weighted by molar-refractivity contribution is 5.96. The first-order valence-electron chi connectivity index (χ1n) is 9.56. The third kappa shape index (κ3) is 4.45. The number of hydrogen-bond donors (Lipinski definition) is 1. The molecule has 0 aliphatic carbocycles. The Morgan fingerprint density at radius 3 is 2.59 bits per heavy atom. The van der Waals surface area contributed by atoms with Gasteiger partial charge in [-0.05, 0) is 42.8 Å². The van der Waals surface area contributed by atoms with Crippen molar-refractivity contribution in [2.45, 2.75) is 39.7 Å². The standard InChI is InChI=1S/C23H26N2O2/c1-3-4-14-25-21(16-19-11-10-17(2)15-20(19)23(25)27)22(26)24-13-12-18-8-6-5-7-9-18/h5-11,15-16H,3-4,12-14H2,1-2H3,(H,24,26). The fraction of sp³-hybridized carbons (Fsp3) is 0.304. The van der Waals surface area contributed by atoms with Gasteiger partial charge in [-0.1, -0.05) is 61.4 Å². The van der Waals surface area contributed by atoms with Gasteiger partial charge in [-0.25, -0.2) is 0 Å². The van der Waals surface area contributed by atoms with Gasteiger partial charge in [0, 0.05) is 18.5 Å². The zero-order valence-electron chi connectivity index (χ0n) is 16.0. The van der Waals surface area contributed by atoms with Gasteiger partial charge in [0.05, 0.1) is 0 Å². The summed E-state index contributed by atoms with van der Waals surface area (Å²) in [6, 6.07) is 17.7. The van der Waals surface area contributed by atoms with Gasteiger partial charge in [0.2, 0.25) is 0 Å². The lowest BCUT2D eigenvalue weighted by Crippen LogP contribution is -2.33. The average Bonchev–Trinajstić information content (AvgIpc) is 2.68. The van der Waals surface area contributed by atoms with Gasteiger partial charge in [-0.3, -0.25) is 9.59 Å². The second-order valence-electron chi connectivity index (χ2n) is 6.92. The normalized spacial score (nSPS) is 10.9. The Hall–Kier alpha value is -2.88. The van der Waals surface area contributed by atoms with Gasteiger partial charge in [-0.15, -0.1) is 0 Å². The molecule has 0 saturated carbocycles. The molecule has 0 fully saturated rings. The lowest BCUT2D eigenvalue weighted by molar-refractivity contribution is 0.0943. The molecule has 140 valence electrons. The summed E-state index contributed by atoms with van der Waals surface area (Å²) >= 11 is 0. The zero-order valence-corrected chi connectivity index (χ0v) is 16.0. The summed E-state index contributed by atoms with van der Waals surface area (Å²) in [5, 5.41) is 4.45. The van der Waals surface area contributed by atoms with E-state index in [0.717, 1.165) is 30.2 Å². The van der Waals surface area contributed by atoms with Crippen LogP contribution in [0.5, 0.6) is 0 Å². The molecule has 1 N–H and O–H groups in total. The first-order valence-corrected chi connectivity index (χ1v) is 9.56. The SMILES string of the molecule is CCCCn1c(C(=O)NCCc2ccccc2)cc2ccc(C)cc2c1=O. The molecule has 0 aliphatic rings. The number of aromatic nitrogens is 1. The summed E-state index contributed by atoms with van der Waals surface area (Å²) in [6.45, 7) is 5.15. The van der Waals surface area contributed by atoms with Crippen LogP contribution in [0.4, 0.5) is 0 Å². The Kier molecular flexibility index (Phi) is 6.07. The van der Waals surface area contributed by atoms with E-state index in [2.05, 4.69) is 12.2 Å². The molecule has 0 atom stereocenters. The second kappa shape index (κ2) is 8.67. The number of benzene rings is 2. The summed E-state index contributed by atoms with van der Waals surface area (Å²) in [4.78, 5) is 25.8. The Morgan fingerprint density at radius 2 is 1.85 bits per heavy atom. The number of rotatable bonds is 7. The van der Waals surface area contributed by atoms with Crippen LogP contribution in [0.3, 0.4) is 0 Å². The number of fused-ring (bicyclic) bond motifs is 1. The van der Waals surface area contributed by atoms with Crippen molar-refractivity contribution in [3.8, 4) is 0 Å². The number of pyridine rings is 1. The average molecular weight is 362 g/mol. The largest absolute Gasteiger partial charge is 0.350 e. The molecule has 4 heteroatoms. The second-order valence-corrected chi connectivity index (χ2v) is 6.92. The van der Waals surface area contributed by atoms with Crippen molar-refractivity contribution in [1.82, 2.24) is 9.88 Å². The van der Waals surface area contributed by atoms with Gasteiger partial charge < -0.3 is 9.88 Å². The molecule has 0 bridgehead atoms. The molecule has 27 heavy (non-hydrogen) atoms. The van der Waals surface area contributed by atoms with E-state index >= 15 is 0 Å². The fourth-order valence-electron chi connectivity index (χ4n) is 3.24. The van der Waals surface area contributed by atoms with Gasteiger partial charge in [-0.2, -0.15) is 0 Å². The van der Waals surface area contributed by atoms with Crippen LogP contribution in [0.1, 0.15) is 41.4 Å². The summed E-state index contributed by atoms with van der Waals surface area (Å²) in [7, 11) is 0. The minimum absolute atomic E-state index is 0.0853. The quantitative estimate of drug-likeness (QED) is 0.688. The van der Waals surface area contributed by atoms with E-state index < -0.39 is 0 Å². The van der Waals surface area contributed by atoms with Crippen LogP contribution in [-0.2, 0) is 13.0 Å². The number of nitrogens with one attached hydrogen (secondary N) is 1. The lowest BCUT2D eigenvalue weighted by atomic mass is 10.1. The molecule has 0 radical (unpaired) electrons. The van der Waals surface area contributed by atoms with E-state index in [1.807, 2.05) is 61.5 Å². The molecule has 3 rings (SSSR count). The van der Waals surface area contributed by atoms with Crippen molar-refractivity contribution in [3.63, 3.8) is 0 Å². The first kappa shape index (κ1) is 18.9. The van der Waals surface area contributed by atoms with Crippen molar-refractivity contribution >= 4 is 16.7 Å². The smallest absolute Gasteiger partial charge is 0.268 e. The van der Waals surface area contributed by atoms with Crippen molar-refractivity contribution in [1.29, 1.82) is 0 Å². The van der Waals surface area contributed by atoms with E-state index in [4.69, 9.17) is 0 Å². The van der Waals surface area contributed by atoms with E-state index in [-0.39, 0.29) is 11.5 Å². The first-order chi connectivity index (χ1) is 13.1. The number of carbonyl (C=O) groups excluding carboxylic acids is 1. The Labute approximate surface area is 159 Å². The summed E-state index contributed by atoms with van der Waals surface area (Å²) in [6.07, 6.45) is 2.59. The maximum atomic E-state index is 13.0. The van der Waals surface area contributed by atoms with Crippen molar-refractivity contribution in [3.05, 3.63) is 81.8 Å². The minimum Gasteiger partial charge on any atom is -0.350 e. The zero-order chi connectivity index (χ0) is 19.2. The molecule has 0 saturated heterocycles. The molecule has 4 nitrogen and oxygen atoms in total. The Morgan fingerprint density at radius 1 is 1.07 bits per heavy atom. The molecule has 2 aromatic carbocycles. The van der Waals surface area contributed by atoms with Gasteiger partial charge in [0.1, 0.15) is 5.69 Å². The topological polar surface area (TPSA) is 51.1 Å². The van der Waals surface area contributed by atoms with E-state index in [1.54, 1.807) is 4.57 Å². The summed E-state index contributed by atoms with van der Waals surface area (Å²) in [5.41, 5.74) is 2.58. The Balaban J connectivity index is 1.87. The fourth-order valence-corrected chi connectivity index (χ4v) is 3.24. The highest BCUT2D eigenvalue weighted by Gasteiger charge is 2.15.